The van der Waals surface area contributed by atoms with Crippen molar-refractivity contribution in [1.82, 2.24) is 10.2 Å². The summed E-state index contributed by atoms with van der Waals surface area (Å²) in [5.41, 5.74) is 4.14. The molecule has 0 spiro atoms. The molecule has 0 saturated carbocycles. The van der Waals surface area contributed by atoms with Crippen LogP contribution < -0.4 is 10.1 Å². The van der Waals surface area contributed by atoms with Crippen molar-refractivity contribution in [3.05, 3.63) is 101 Å². The fourth-order valence-corrected chi connectivity index (χ4v) is 3.94. The van der Waals surface area contributed by atoms with Crippen molar-refractivity contribution in [3.63, 3.8) is 0 Å². The molecule has 5 heteroatoms. The Bertz CT molecular complexity index is 1110. The fourth-order valence-electron chi connectivity index (χ4n) is 3.94. The summed E-state index contributed by atoms with van der Waals surface area (Å²) in [7, 11) is 0. The van der Waals surface area contributed by atoms with E-state index in [1.165, 1.54) is 0 Å². The van der Waals surface area contributed by atoms with Crippen molar-refractivity contribution in [1.29, 1.82) is 0 Å². The maximum Gasteiger partial charge on any atom is 0.261 e. The van der Waals surface area contributed by atoms with Gasteiger partial charge in [-0.15, -0.1) is 0 Å². The molecule has 0 aliphatic carbocycles. The summed E-state index contributed by atoms with van der Waals surface area (Å²) in [5, 5.41) is 3.09. The number of rotatable bonds is 11. The highest BCUT2D eigenvalue weighted by Crippen LogP contribution is 2.18. The van der Waals surface area contributed by atoms with Crippen LogP contribution in [0.4, 0.5) is 0 Å². The average molecular weight is 473 g/mol. The van der Waals surface area contributed by atoms with Crippen molar-refractivity contribution in [2.45, 2.75) is 59.2 Å². The molecule has 2 atom stereocenters. The SMILES string of the molecule is CC[C@H](C)NC(=O)[C@@H](Cc1ccccc1)N(Cc1cccc(C)c1)C(=O)COc1cccc(C)c1. The second-order valence-electron chi connectivity index (χ2n) is 9.14. The number of hydrogen-bond donors (Lipinski definition) is 1. The number of nitrogens with zero attached hydrogens (tertiary/aromatic N) is 1. The molecule has 2 amide bonds. The first-order valence-electron chi connectivity index (χ1n) is 12.2. The minimum atomic E-state index is -0.666. The molecule has 184 valence electrons. The van der Waals surface area contributed by atoms with Gasteiger partial charge in [-0.1, -0.05) is 79.2 Å². The zero-order chi connectivity index (χ0) is 25.2. The molecule has 0 aliphatic heterocycles. The van der Waals surface area contributed by atoms with Crippen LogP contribution in [0, 0.1) is 13.8 Å². The van der Waals surface area contributed by atoms with Gasteiger partial charge in [0.1, 0.15) is 11.8 Å². The Morgan fingerprint density at radius 1 is 0.886 bits per heavy atom. The van der Waals surface area contributed by atoms with Gasteiger partial charge in [0.05, 0.1) is 0 Å². The monoisotopic (exact) mass is 472 g/mol. The molecular formula is C30H36N2O3. The predicted octanol–water partition coefficient (Wildman–Crippen LogP) is 5.24. The van der Waals surface area contributed by atoms with Crippen LogP contribution in [0.2, 0.25) is 0 Å². The lowest BCUT2D eigenvalue weighted by Crippen LogP contribution is -2.53. The molecule has 0 heterocycles. The number of carbonyl (C=O) groups excluding carboxylic acids is 2. The van der Waals surface area contributed by atoms with Gasteiger partial charge in [-0.25, -0.2) is 0 Å². The van der Waals surface area contributed by atoms with Crippen molar-refractivity contribution in [3.8, 4) is 5.75 Å². The van der Waals surface area contributed by atoms with E-state index in [9.17, 15) is 9.59 Å². The lowest BCUT2D eigenvalue weighted by Gasteiger charge is -2.32. The molecular weight excluding hydrogens is 436 g/mol. The molecule has 0 bridgehead atoms. The van der Waals surface area contributed by atoms with Crippen LogP contribution in [-0.2, 0) is 22.6 Å². The smallest absolute Gasteiger partial charge is 0.261 e. The molecule has 3 aromatic carbocycles. The lowest BCUT2D eigenvalue weighted by atomic mass is 10.0. The van der Waals surface area contributed by atoms with E-state index in [-0.39, 0.29) is 24.5 Å². The third-order valence-electron chi connectivity index (χ3n) is 6.06. The van der Waals surface area contributed by atoms with Crippen LogP contribution in [0.5, 0.6) is 5.75 Å². The summed E-state index contributed by atoms with van der Waals surface area (Å²) < 4.78 is 5.85. The summed E-state index contributed by atoms with van der Waals surface area (Å²) >= 11 is 0. The Kier molecular flexibility index (Phi) is 9.47. The highest BCUT2D eigenvalue weighted by Gasteiger charge is 2.31. The number of carbonyl (C=O) groups is 2. The highest BCUT2D eigenvalue weighted by molar-refractivity contribution is 5.88. The second-order valence-corrected chi connectivity index (χ2v) is 9.14. The van der Waals surface area contributed by atoms with Crippen LogP contribution >= 0.6 is 0 Å². The second kappa shape index (κ2) is 12.7. The van der Waals surface area contributed by atoms with Gasteiger partial charge in [0, 0.05) is 19.0 Å². The third kappa shape index (κ3) is 7.99. The van der Waals surface area contributed by atoms with Gasteiger partial charge in [0.2, 0.25) is 5.91 Å². The maximum atomic E-state index is 13.6. The van der Waals surface area contributed by atoms with Crippen LogP contribution in [0.25, 0.3) is 0 Å². The largest absolute Gasteiger partial charge is 0.484 e. The minimum Gasteiger partial charge on any atom is -0.484 e. The van der Waals surface area contributed by atoms with Crippen LogP contribution in [0.15, 0.2) is 78.9 Å². The van der Waals surface area contributed by atoms with Crippen molar-refractivity contribution in [2.75, 3.05) is 6.61 Å². The maximum absolute atomic E-state index is 13.6. The van der Waals surface area contributed by atoms with E-state index in [1.807, 2.05) is 107 Å². The number of nitrogens with one attached hydrogen (secondary N) is 1. The first-order valence-corrected chi connectivity index (χ1v) is 12.2. The van der Waals surface area contributed by atoms with Crippen LogP contribution in [0.3, 0.4) is 0 Å². The van der Waals surface area contributed by atoms with Gasteiger partial charge in [0.15, 0.2) is 6.61 Å². The molecule has 0 aliphatic rings. The minimum absolute atomic E-state index is 0.0141. The van der Waals surface area contributed by atoms with Gasteiger partial charge >= 0.3 is 0 Å². The molecule has 5 nitrogen and oxygen atoms in total. The lowest BCUT2D eigenvalue weighted by molar-refractivity contribution is -0.143. The van der Waals surface area contributed by atoms with E-state index in [2.05, 4.69) is 5.32 Å². The highest BCUT2D eigenvalue weighted by atomic mass is 16.5. The number of ether oxygens (including phenoxy) is 1. The quantitative estimate of drug-likeness (QED) is 0.415. The van der Waals surface area contributed by atoms with E-state index >= 15 is 0 Å². The third-order valence-corrected chi connectivity index (χ3v) is 6.06. The predicted molar refractivity (Wildman–Crippen MR) is 140 cm³/mol. The Morgan fingerprint density at radius 2 is 1.54 bits per heavy atom. The molecule has 35 heavy (non-hydrogen) atoms. The van der Waals surface area contributed by atoms with Crippen molar-refractivity contribution < 1.29 is 14.3 Å². The van der Waals surface area contributed by atoms with Gasteiger partial charge < -0.3 is 15.0 Å². The first kappa shape index (κ1) is 26.0. The van der Waals surface area contributed by atoms with E-state index < -0.39 is 6.04 Å². The number of amides is 2. The summed E-state index contributed by atoms with van der Waals surface area (Å²) in [4.78, 5) is 28.8. The Hall–Kier alpha value is -3.60. The van der Waals surface area contributed by atoms with E-state index in [4.69, 9.17) is 4.74 Å². The van der Waals surface area contributed by atoms with Gasteiger partial charge in [0.25, 0.3) is 5.91 Å². The summed E-state index contributed by atoms with van der Waals surface area (Å²) in [6.07, 6.45) is 1.23. The molecule has 0 radical (unpaired) electrons. The van der Waals surface area contributed by atoms with Gasteiger partial charge in [-0.05, 0) is 56.0 Å². The number of aryl methyl sites for hydroxylation is 2. The fraction of sp³-hybridized carbons (Fsp3) is 0.333. The average Bonchev–Trinajstić information content (AvgIpc) is 2.85. The van der Waals surface area contributed by atoms with E-state index in [1.54, 1.807) is 4.90 Å². The summed E-state index contributed by atoms with van der Waals surface area (Å²) in [6.45, 7) is 8.19. The molecule has 1 N–H and O–H groups in total. The first-order chi connectivity index (χ1) is 16.9. The topological polar surface area (TPSA) is 58.6 Å². The Balaban J connectivity index is 1.91. The van der Waals surface area contributed by atoms with Crippen LogP contribution in [0.1, 0.15) is 42.5 Å². The Morgan fingerprint density at radius 3 is 2.20 bits per heavy atom. The molecule has 0 fully saturated rings. The standard InChI is InChI=1S/C30H36N2O3/c1-5-24(4)31-30(34)28(19-25-13-7-6-8-14-25)32(20-26-15-9-11-22(2)17-26)29(33)21-35-27-16-10-12-23(3)18-27/h6-18,24,28H,5,19-21H2,1-4H3,(H,31,34)/t24-,28+/m0/s1. The van der Waals surface area contributed by atoms with E-state index in [0.29, 0.717) is 18.7 Å². The summed E-state index contributed by atoms with van der Waals surface area (Å²) in [5.74, 6) is 0.255. The molecule has 0 aromatic heterocycles. The molecule has 0 unspecified atom stereocenters. The molecule has 0 saturated heterocycles. The number of hydrogen-bond acceptors (Lipinski definition) is 3. The van der Waals surface area contributed by atoms with E-state index in [0.717, 1.165) is 28.7 Å². The van der Waals surface area contributed by atoms with Gasteiger partial charge in [-0.2, -0.15) is 0 Å². The Labute approximate surface area is 209 Å². The molecule has 3 aromatic rings. The zero-order valence-corrected chi connectivity index (χ0v) is 21.2. The molecule has 3 rings (SSSR count). The van der Waals surface area contributed by atoms with Gasteiger partial charge in [-0.3, -0.25) is 9.59 Å². The zero-order valence-electron chi connectivity index (χ0n) is 21.2. The number of benzene rings is 3. The van der Waals surface area contributed by atoms with Crippen molar-refractivity contribution >= 4 is 11.8 Å². The van der Waals surface area contributed by atoms with Crippen LogP contribution in [-0.4, -0.2) is 35.4 Å². The summed E-state index contributed by atoms with van der Waals surface area (Å²) in [6, 6.07) is 24.8. The normalized spacial score (nSPS) is 12.5. The van der Waals surface area contributed by atoms with Crippen molar-refractivity contribution in [2.24, 2.45) is 0 Å².